The number of nitrogens with two attached hydrogens (primary N) is 1. The van der Waals surface area contributed by atoms with E-state index >= 15 is 0 Å². The molecule has 1 aliphatic rings. The predicted octanol–water partition coefficient (Wildman–Crippen LogP) is 2.20. The third kappa shape index (κ3) is 3.48. The first kappa shape index (κ1) is 14.8. The molecule has 0 atom stereocenters. The van der Waals surface area contributed by atoms with Crippen molar-refractivity contribution in [1.29, 1.82) is 0 Å². The standard InChI is InChI=1S/C15H21N3OS/c1-10-3-4-13(9-11(10)2)17-15(20)18-7-5-12(6-8-18)14(16)19/h3-4,9,12H,5-8H2,1-2H3,(H2,16,19)(H,17,20). The smallest absolute Gasteiger partial charge is 0.220 e. The number of benzene rings is 1. The summed E-state index contributed by atoms with van der Waals surface area (Å²) in [5.41, 5.74) is 8.85. The van der Waals surface area contributed by atoms with Crippen LogP contribution < -0.4 is 11.1 Å². The molecule has 2 rings (SSSR count). The van der Waals surface area contributed by atoms with Crippen molar-refractivity contribution in [2.45, 2.75) is 26.7 Å². The van der Waals surface area contributed by atoms with E-state index in [1.54, 1.807) is 0 Å². The maximum atomic E-state index is 11.1. The molecule has 108 valence electrons. The Kier molecular flexibility index (Phi) is 4.60. The van der Waals surface area contributed by atoms with Crippen LogP contribution in [0.25, 0.3) is 0 Å². The number of nitrogens with one attached hydrogen (secondary N) is 1. The van der Waals surface area contributed by atoms with Crippen LogP contribution in [0.2, 0.25) is 0 Å². The Labute approximate surface area is 125 Å². The molecule has 0 saturated carbocycles. The molecule has 1 aliphatic heterocycles. The molecule has 0 radical (unpaired) electrons. The third-order valence-corrected chi connectivity index (χ3v) is 4.30. The summed E-state index contributed by atoms with van der Waals surface area (Å²) in [7, 11) is 0. The molecule has 4 nitrogen and oxygen atoms in total. The number of piperidine rings is 1. The lowest BCUT2D eigenvalue weighted by Gasteiger charge is -2.32. The molecule has 1 aromatic carbocycles. The number of anilines is 1. The molecule has 5 heteroatoms. The van der Waals surface area contributed by atoms with Crippen LogP contribution in [0.4, 0.5) is 5.69 Å². The molecule has 0 unspecified atom stereocenters. The molecule has 20 heavy (non-hydrogen) atoms. The van der Waals surface area contributed by atoms with Gasteiger partial charge in [0.25, 0.3) is 0 Å². The van der Waals surface area contributed by atoms with Crippen LogP contribution in [0.5, 0.6) is 0 Å². The summed E-state index contributed by atoms with van der Waals surface area (Å²) in [6.45, 7) is 5.74. The number of rotatable bonds is 2. The minimum Gasteiger partial charge on any atom is -0.369 e. The normalized spacial score (nSPS) is 16.0. The molecule has 0 aromatic heterocycles. The van der Waals surface area contributed by atoms with E-state index in [4.69, 9.17) is 18.0 Å². The molecular formula is C15H21N3OS. The van der Waals surface area contributed by atoms with Crippen molar-refractivity contribution < 1.29 is 4.79 Å². The fourth-order valence-corrected chi connectivity index (χ4v) is 2.69. The predicted molar refractivity (Wildman–Crippen MR) is 85.6 cm³/mol. The number of likely N-dealkylation sites (tertiary alicyclic amines) is 1. The van der Waals surface area contributed by atoms with E-state index < -0.39 is 0 Å². The van der Waals surface area contributed by atoms with E-state index in [0.717, 1.165) is 36.7 Å². The second-order valence-corrected chi connectivity index (χ2v) is 5.78. The lowest BCUT2D eigenvalue weighted by atomic mass is 9.97. The summed E-state index contributed by atoms with van der Waals surface area (Å²) >= 11 is 5.44. The number of primary amides is 1. The van der Waals surface area contributed by atoms with Gasteiger partial charge in [-0.25, -0.2) is 0 Å². The van der Waals surface area contributed by atoms with Gasteiger partial charge in [0, 0.05) is 24.7 Å². The Morgan fingerprint density at radius 3 is 2.50 bits per heavy atom. The number of hydrogen-bond donors (Lipinski definition) is 2. The summed E-state index contributed by atoms with van der Waals surface area (Å²) in [6.07, 6.45) is 1.56. The Morgan fingerprint density at radius 1 is 1.30 bits per heavy atom. The molecule has 0 bridgehead atoms. The average Bonchev–Trinajstić information content (AvgIpc) is 2.43. The zero-order valence-corrected chi connectivity index (χ0v) is 12.8. The number of amides is 1. The number of nitrogens with zero attached hydrogens (tertiary/aromatic N) is 1. The minimum atomic E-state index is -0.197. The van der Waals surface area contributed by atoms with E-state index in [-0.39, 0.29) is 11.8 Å². The van der Waals surface area contributed by atoms with Gasteiger partial charge < -0.3 is 16.0 Å². The first-order valence-corrected chi connectivity index (χ1v) is 7.30. The van der Waals surface area contributed by atoms with Crippen LogP contribution in [0, 0.1) is 19.8 Å². The molecule has 0 aliphatic carbocycles. The number of hydrogen-bond acceptors (Lipinski definition) is 2. The van der Waals surface area contributed by atoms with Gasteiger partial charge in [-0.05, 0) is 62.2 Å². The van der Waals surface area contributed by atoms with E-state index in [0.29, 0.717) is 0 Å². The first-order chi connectivity index (χ1) is 9.47. The van der Waals surface area contributed by atoms with Gasteiger partial charge in [-0.15, -0.1) is 0 Å². The summed E-state index contributed by atoms with van der Waals surface area (Å²) in [5, 5.41) is 3.98. The topological polar surface area (TPSA) is 58.4 Å². The number of aryl methyl sites for hydroxylation is 2. The number of thiocarbonyl (C=S) groups is 1. The van der Waals surface area contributed by atoms with Crippen molar-refractivity contribution in [3.05, 3.63) is 29.3 Å². The maximum absolute atomic E-state index is 11.1. The average molecular weight is 291 g/mol. The minimum absolute atomic E-state index is 0.00401. The Morgan fingerprint density at radius 2 is 1.95 bits per heavy atom. The van der Waals surface area contributed by atoms with Gasteiger partial charge in [-0.1, -0.05) is 6.07 Å². The van der Waals surface area contributed by atoms with Crippen molar-refractivity contribution >= 4 is 28.9 Å². The van der Waals surface area contributed by atoms with Gasteiger partial charge in [0.15, 0.2) is 5.11 Å². The molecule has 1 aromatic rings. The molecular weight excluding hydrogens is 270 g/mol. The molecule has 1 fully saturated rings. The highest BCUT2D eigenvalue weighted by molar-refractivity contribution is 7.80. The van der Waals surface area contributed by atoms with E-state index in [2.05, 4.69) is 36.2 Å². The second kappa shape index (κ2) is 6.22. The van der Waals surface area contributed by atoms with Gasteiger partial charge in [0.1, 0.15) is 0 Å². The van der Waals surface area contributed by atoms with Crippen LogP contribution in [0.3, 0.4) is 0 Å². The summed E-state index contributed by atoms with van der Waals surface area (Å²) in [5.74, 6) is -0.201. The third-order valence-electron chi connectivity index (χ3n) is 3.94. The number of carbonyl (C=O) groups is 1. The van der Waals surface area contributed by atoms with Gasteiger partial charge in [-0.2, -0.15) is 0 Å². The zero-order valence-electron chi connectivity index (χ0n) is 12.0. The number of carbonyl (C=O) groups excluding carboxylic acids is 1. The summed E-state index contributed by atoms with van der Waals surface area (Å²) in [6, 6.07) is 6.21. The van der Waals surface area contributed by atoms with Crippen molar-refractivity contribution in [2.75, 3.05) is 18.4 Å². The first-order valence-electron chi connectivity index (χ1n) is 6.90. The highest BCUT2D eigenvalue weighted by atomic mass is 32.1. The van der Waals surface area contributed by atoms with E-state index in [9.17, 15) is 4.79 Å². The highest BCUT2D eigenvalue weighted by Gasteiger charge is 2.24. The van der Waals surface area contributed by atoms with E-state index in [1.165, 1.54) is 11.1 Å². The van der Waals surface area contributed by atoms with Crippen LogP contribution >= 0.6 is 12.2 Å². The second-order valence-electron chi connectivity index (χ2n) is 5.39. The quantitative estimate of drug-likeness (QED) is 0.820. The Bertz CT molecular complexity index is 522. The molecule has 3 N–H and O–H groups in total. The van der Waals surface area contributed by atoms with Crippen molar-refractivity contribution in [2.24, 2.45) is 11.7 Å². The fraction of sp³-hybridized carbons (Fsp3) is 0.467. The highest BCUT2D eigenvalue weighted by Crippen LogP contribution is 2.19. The van der Waals surface area contributed by atoms with Crippen LogP contribution in [0.1, 0.15) is 24.0 Å². The maximum Gasteiger partial charge on any atom is 0.220 e. The fourth-order valence-electron chi connectivity index (χ4n) is 2.39. The van der Waals surface area contributed by atoms with Gasteiger partial charge >= 0.3 is 0 Å². The van der Waals surface area contributed by atoms with Crippen LogP contribution in [0.15, 0.2) is 18.2 Å². The van der Waals surface area contributed by atoms with Crippen LogP contribution in [-0.2, 0) is 4.79 Å². The Hall–Kier alpha value is -1.62. The lowest BCUT2D eigenvalue weighted by molar-refractivity contribution is -0.122. The largest absolute Gasteiger partial charge is 0.369 e. The summed E-state index contributed by atoms with van der Waals surface area (Å²) in [4.78, 5) is 13.2. The molecule has 1 saturated heterocycles. The van der Waals surface area contributed by atoms with Crippen LogP contribution in [-0.4, -0.2) is 29.0 Å². The SMILES string of the molecule is Cc1ccc(NC(=S)N2CCC(C(N)=O)CC2)cc1C. The Balaban J connectivity index is 1.92. The van der Waals surface area contributed by atoms with Gasteiger partial charge in [0.05, 0.1) is 0 Å². The molecule has 1 amide bonds. The van der Waals surface area contributed by atoms with Gasteiger partial charge in [-0.3, -0.25) is 4.79 Å². The summed E-state index contributed by atoms with van der Waals surface area (Å²) < 4.78 is 0. The lowest BCUT2D eigenvalue weighted by Crippen LogP contribution is -2.43. The molecule has 0 spiro atoms. The van der Waals surface area contributed by atoms with E-state index in [1.807, 2.05) is 6.07 Å². The van der Waals surface area contributed by atoms with Gasteiger partial charge in [0.2, 0.25) is 5.91 Å². The van der Waals surface area contributed by atoms with Crippen molar-refractivity contribution in [3.63, 3.8) is 0 Å². The van der Waals surface area contributed by atoms with Crippen molar-refractivity contribution in [1.82, 2.24) is 4.90 Å². The van der Waals surface area contributed by atoms with Crippen molar-refractivity contribution in [3.8, 4) is 0 Å². The monoisotopic (exact) mass is 291 g/mol. The molecule has 1 heterocycles. The zero-order chi connectivity index (χ0) is 14.7.